The van der Waals surface area contributed by atoms with Crippen molar-refractivity contribution in [2.75, 3.05) is 14.1 Å². The van der Waals surface area contributed by atoms with E-state index in [1.54, 1.807) is 0 Å². The highest BCUT2D eigenvalue weighted by atomic mass is 15.3. The van der Waals surface area contributed by atoms with Gasteiger partial charge < -0.3 is 4.90 Å². The molecule has 2 fully saturated rings. The highest BCUT2D eigenvalue weighted by Crippen LogP contribution is 2.45. The minimum Gasteiger partial charge on any atom is -0.302 e. The Morgan fingerprint density at radius 1 is 1.19 bits per heavy atom. The zero-order valence-corrected chi connectivity index (χ0v) is 14.7. The summed E-state index contributed by atoms with van der Waals surface area (Å²) in [5, 5.41) is 0. The number of nitrogens with zero attached hydrogens (tertiary/aromatic N) is 1. The average Bonchev–Trinajstić information content (AvgIpc) is 2.48. The average molecular weight is 296 g/mol. The first kappa shape index (κ1) is 17.2. The van der Waals surface area contributed by atoms with Gasteiger partial charge >= 0.3 is 0 Å². The van der Waals surface area contributed by atoms with E-state index in [0.717, 1.165) is 17.8 Å². The lowest BCUT2D eigenvalue weighted by Gasteiger charge is -2.54. The molecule has 2 aliphatic rings. The number of likely N-dealkylation sites (N-methyl/N-ethyl adjacent to an activating group) is 1. The van der Waals surface area contributed by atoms with Gasteiger partial charge in [-0.25, -0.2) is 0 Å². The fourth-order valence-electron chi connectivity index (χ4n) is 5.39. The number of rotatable bonds is 5. The molecule has 3 heteroatoms. The predicted octanol–water partition coefficient (Wildman–Crippen LogP) is 3.55. The molecule has 2 aliphatic carbocycles. The van der Waals surface area contributed by atoms with Gasteiger partial charge in [-0.2, -0.15) is 0 Å². The van der Waals surface area contributed by atoms with Gasteiger partial charge in [-0.1, -0.05) is 52.4 Å². The van der Waals surface area contributed by atoms with Crippen molar-refractivity contribution in [2.24, 2.45) is 23.6 Å². The molecule has 3 nitrogen and oxygen atoms in total. The van der Waals surface area contributed by atoms with Crippen molar-refractivity contribution in [3.8, 4) is 0 Å². The summed E-state index contributed by atoms with van der Waals surface area (Å²) in [6.07, 6.45) is 12.2. The molecule has 5 atom stereocenters. The monoisotopic (exact) mass is 295 g/mol. The molecule has 3 N–H and O–H groups in total. The zero-order chi connectivity index (χ0) is 15.5. The normalized spacial score (nSPS) is 39.4. The van der Waals surface area contributed by atoms with E-state index in [4.69, 9.17) is 5.84 Å². The molecular weight excluding hydrogens is 258 g/mol. The molecule has 0 aromatic heterocycles. The molecule has 0 aromatic rings. The zero-order valence-electron chi connectivity index (χ0n) is 14.7. The Bertz CT molecular complexity index is 318. The van der Waals surface area contributed by atoms with Crippen LogP contribution in [-0.4, -0.2) is 30.6 Å². The highest BCUT2D eigenvalue weighted by molar-refractivity contribution is 5.05. The van der Waals surface area contributed by atoms with Gasteiger partial charge in [0.25, 0.3) is 0 Å². The lowest BCUT2D eigenvalue weighted by atomic mass is 9.63. The van der Waals surface area contributed by atoms with Crippen LogP contribution in [0.4, 0.5) is 0 Å². The summed E-state index contributed by atoms with van der Waals surface area (Å²) in [7, 11) is 4.54. The Morgan fingerprint density at radius 2 is 1.90 bits per heavy atom. The van der Waals surface area contributed by atoms with Gasteiger partial charge in [0.1, 0.15) is 0 Å². The van der Waals surface area contributed by atoms with Gasteiger partial charge in [-0.05, 0) is 51.1 Å². The van der Waals surface area contributed by atoms with Crippen molar-refractivity contribution in [1.29, 1.82) is 0 Å². The van der Waals surface area contributed by atoms with E-state index in [1.807, 2.05) is 0 Å². The molecular formula is C18H37N3. The van der Waals surface area contributed by atoms with Gasteiger partial charge in [0.2, 0.25) is 0 Å². The van der Waals surface area contributed by atoms with Crippen molar-refractivity contribution >= 4 is 0 Å². The topological polar surface area (TPSA) is 41.3 Å². The summed E-state index contributed by atoms with van der Waals surface area (Å²) >= 11 is 0. The maximum atomic E-state index is 6.14. The minimum absolute atomic E-state index is 0.252. The first-order valence-corrected chi connectivity index (χ1v) is 9.18. The molecule has 2 saturated carbocycles. The molecule has 0 aromatic carbocycles. The van der Waals surface area contributed by atoms with Crippen molar-refractivity contribution in [3.63, 3.8) is 0 Å². The van der Waals surface area contributed by atoms with E-state index >= 15 is 0 Å². The number of nitrogens with two attached hydrogens (primary N) is 1. The van der Waals surface area contributed by atoms with Gasteiger partial charge in [0, 0.05) is 11.6 Å². The molecule has 0 radical (unpaired) electrons. The van der Waals surface area contributed by atoms with Crippen LogP contribution < -0.4 is 11.3 Å². The van der Waals surface area contributed by atoms with Crippen molar-refractivity contribution in [2.45, 2.75) is 83.2 Å². The van der Waals surface area contributed by atoms with E-state index in [9.17, 15) is 0 Å². The predicted molar refractivity (Wildman–Crippen MR) is 90.9 cm³/mol. The standard InChI is InChI=1S/C18H37N3/c1-5-15-10-6-7-11-16(15)17(20-19)18(21(3)4)12-8-9-14(2)13-18/h14-17,20H,5-13,19H2,1-4H3. The number of hydrazine groups is 1. The molecule has 0 bridgehead atoms. The van der Waals surface area contributed by atoms with E-state index < -0.39 is 0 Å². The van der Waals surface area contributed by atoms with Gasteiger partial charge in [-0.3, -0.25) is 11.3 Å². The van der Waals surface area contributed by atoms with Gasteiger partial charge in [-0.15, -0.1) is 0 Å². The van der Waals surface area contributed by atoms with E-state index in [0.29, 0.717) is 6.04 Å². The SMILES string of the molecule is CCC1CCCCC1C(NN)C1(N(C)C)CCCC(C)C1. The number of nitrogens with one attached hydrogen (secondary N) is 1. The van der Waals surface area contributed by atoms with Crippen LogP contribution in [0.25, 0.3) is 0 Å². The lowest BCUT2D eigenvalue weighted by Crippen LogP contribution is -2.66. The Hall–Kier alpha value is -0.120. The Morgan fingerprint density at radius 3 is 2.48 bits per heavy atom. The van der Waals surface area contributed by atoms with Crippen molar-refractivity contribution < 1.29 is 0 Å². The second-order valence-electron chi connectivity index (χ2n) is 7.96. The molecule has 2 rings (SSSR count). The molecule has 5 unspecified atom stereocenters. The fraction of sp³-hybridized carbons (Fsp3) is 1.00. The van der Waals surface area contributed by atoms with Gasteiger partial charge in [0.15, 0.2) is 0 Å². The van der Waals surface area contributed by atoms with Crippen LogP contribution in [0, 0.1) is 17.8 Å². The van der Waals surface area contributed by atoms with Crippen LogP contribution in [0.5, 0.6) is 0 Å². The maximum absolute atomic E-state index is 6.14. The summed E-state index contributed by atoms with van der Waals surface area (Å²) < 4.78 is 0. The molecule has 0 heterocycles. The van der Waals surface area contributed by atoms with Crippen molar-refractivity contribution in [1.82, 2.24) is 10.3 Å². The third-order valence-corrected chi connectivity index (χ3v) is 6.58. The minimum atomic E-state index is 0.252. The van der Waals surface area contributed by atoms with Crippen LogP contribution in [-0.2, 0) is 0 Å². The number of hydrogen-bond donors (Lipinski definition) is 2. The molecule has 0 saturated heterocycles. The second-order valence-corrected chi connectivity index (χ2v) is 7.96. The van der Waals surface area contributed by atoms with Crippen LogP contribution in [0.15, 0.2) is 0 Å². The quantitative estimate of drug-likeness (QED) is 0.602. The first-order valence-electron chi connectivity index (χ1n) is 9.18. The third kappa shape index (κ3) is 3.46. The summed E-state index contributed by atoms with van der Waals surface area (Å²) in [5.41, 5.74) is 3.56. The van der Waals surface area contributed by atoms with E-state index in [-0.39, 0.29) is 5.54 Å². The maximum Gasteiger partial charge on any atom is 0.0425 e. The van der Waals surface area contributed by atoms with Crippen LogP contribution >= 0.6 is 0 Å². The Labute approximate surface area is 132 Å². The highest BCUT2D eigenvalue weighted by Gasteiger charge is 2.48. The van der Waals surface area contributed by atoms with E-state index in [2.05, 4.69) is 38.3 Å². The number of hydrogen-bond acceptors (Lipinski definition) is 3. The Balaban J connectivity index is 2.26. The summed E-state index contributed by atoms with van der Waals surface area (Å²) in [4.78, 5) is 2.49. The van der Waals surface area contributed by atoms with Crippen LogP contribution in [0.3, 0.4) is 0 Å². The third-order valence-electron chi connectivity index (χ3n) is 6.58. The van der Waals surface area contributed by atoms with Crippen LogP contribution in [0.2, 0.25) is 0 Å². The molecule has 0 amide bonds. The largest absolute Gasteiger partial charge is 0.302 e. The fourth-order valence-corrected chi connectivity index (χ4v) is 5.39. The van der Waals surface area contributed by atoms with Gasteiger partial charge in [0.05, 0.1) is 0 Å². The molecule has 0 aliphatic heterocycles. The Kier molecular flexibility index (Phi) is 6.10. The summed E-state index contributed by atoms with van der Waals surface area (Å²) in [6, 6.07) is 0.445. The smallest absolute Gasteiger partial charge is 0.0425 e. The first-order chi connectivity index (χ1) is 10.0. The molecule has 0 spiro atoms. The molecule has 21 heavy (non-hydrogen) atoms. The van der Waals surface area contributed by atoms with Crippen LogP contribution in [0.1, 0.15) is 71.6 Å². The molecule has 124 valence electrons. The lowest BCUT2D eigenvalue weighted by molar-refractivity contribution is -0.00640. The second kappa shape index (κ2) is 7.43. The van der Waals surface area contributed by atoms with E-state index in [1.165, 1.54) is 57.8 Å². The summed E-state index contributed by atoms with van der Waals surface area (Å²) in [5.74, 6) is 8.57. The van der Waals surface area contributed by atoms with Crippen molar-refractivity contribution in [3.05, 3.63) is 0 Å². The summed E-state index contributed by atoms with van der Waals surface area (Å²) in [6.45, 7) is 4.78.